The Kier molecular flexibility index (Phi) is 2.78. The summed E-state index contributed by atoms with van der Waals surface area (Å²) in [6.45, 7) is 1.52. The van der Waals surface area contributed by atoms with Gasteiger partial charge < -0.3 is 9.84 Å². The summed E-state index contributed by atoms with van der Waals surface area (Å²) >= 11 is 0. The zero-order valence-electron chi connectivity index (χ0n) is 10.1. The van der Waals surface area contributed by atoms with Crippen LogP contribution in [-0.2, 0) is 14.9 Å². The maximum Gasteiger partial charge on any atom is 0.317 e. The second-order valence-corrected chi connectivity index (χ2v) is 5.08. The van der Waals surface area contributed by atoms with E-state index >= 15 is 0 Å². The molecule has 0 radical (unpaired) electrons. The lowest BCUT2D eigenvalue weighted by Crippen LogP contribution is -2.24. The maximum absolute atomic E-state index is 11.3. The summed E-state index contributed by atoms with van der Waals surface area (Å²) in [6.07, 6.45) is 4.91. The number of carboxylic acids is 1. The van der Waals surface area contributed by atoms with Crippen molar-refractivity contribution in [1.82, 2.24) is 9.97 Å². The van der Waals surface area contributed by atoms with Crippen LogP contribution in [0.3, 0.4) is 0 Å². The molecule has 1 aliphatic carbocycles. The van der Waals surface area contributed by atoms with Gasteiger partial charge in [-0.3, -0.25) is 4.79 Å². The molecule has 0 unspecified atom stereocenters. The molecule has 0 atom stereocenters. The van der Waals surface area contributed by atoms with E-state index in [9.17, 15) is 9.90 Å². The van der Waals surface area contributed by atoms with Crippen molar-refractivity contribution in [3.63, 3.8) is 0 Å². The number of aromatic nitrogens is 2. The van der Waals surface area contributed by atoms with Crippen LogP contribution in [0.15, 0.2) is 12.3 Å². The number of carboxylic acid groups (broad SMARTS) is 1. The number of rotatable bonds is 3. The molecule has 3 rings (SSSR count). The van der Waals surface area contributed by atoms with Crippen molar-refractivity contribution in [1.29, 1.82) is 0 Å². The van der Waals surface area contributed by atoms with Crippen LogP contribution in [0.5, 0.6) is 0 Å². The van der Waals surface area contributed by atoms with Crippen LogP contribution in [0.1, 0.15) is 43.1 Å². The van der Waals surface area contributed by atoms with Crippen molar-refractivity contribution in [2.24, 2.45) is 0 Å². The minimum Gasteiger partial charge on any atom is -0.480 e. The normalized spacial score (nSPS) is 22.7. The fourth-order valence-corrected chi connectivity index (χ4v) is 2.48. The SMILES string of the molecule is O=C(O)C1(c2nccc(C3CCOCC3)n2)CC1. The van der Waals surface area contributed by atoms with Crippen LogP contribution >= 0.6 is 0 Å². The Balaban J connectivity index is 1.87. The third-order valence-electron chi connectivity index (χ3n) is 3.90. The summed E-state index contributed by atoms with van der Waals surface area (Å²) in [6, 6.07) is 1.90. The monoisotopic (exact) mass is 248 g/mol. The molecule has 5 heteroatoms. The molecule has 1 saturated heterocycles. The van der Waals surface area contributed by atoms with Crippen molar-refractivity contribution in [2.45, 2.75) is 37.0 Å². The standard InChI is InChI=1S/C13H16N2O3/c16-12(17)13(4-5-13)11-14-6-1-10(15-11)9-2-7-18-8-3-9/h1,6,9H,2-5,7-8H2,(H,16,17). The fraction of sp³-hybridized carbons (Fsp3) is 0.615. The van der Waals surface area contributed by atoms with Gasteiger partial charge in [0.15, 0.2) is 0 Å². The van der Waals surface area contributed by atoms with Gasteiger partial charge in [0.25, 0.3) is 0 Å². The zero-order chi connectivity index (χ0) is 12.6. The quantitative estimate of drug-likeness (QED) is 0.877. The van der Waals surface area contributed by atoms with Gasteiger partial charge in [-0.15, -0.1) is 0 Å². The summed E-state index contributed by atoms with van der Waals surface area (Å²) < 4.78 is 5.33. The third-order valence-corrected chi connectivity index (χ3v) is 3.90. The van der Waals surface area contributed by atoms with E-state index in [0.717, 1.165) is 31.7 Å². The first kappa shape index (κ1) is 11.6. The van der Waals surface area contributed by atoms with E-state index in [-0.39, 0.29) is 0 Å². The molecule has 1 N–H and O–H groups in total. The van der Waals surface area contributed by atoms with E-state index in [1.165, 1.54) is 0 Å². The first-order valence-electron chi connectivity index (χ1n) is 6.37. The minimum absolute atomic E-state index is 0.380. The lowest BCUT2D eigenvalue weighted by Gasteiger charge is -2.22. The van der Waals surface area contributed by atoms with Gasteiger partial charge in [0.2, 0.25) is 0 Å². The van der Waals surface area contributed by atoms with Crippen LogP contribution in [0.25, 0.3) is 0 Å². The van der Waals surface area contributed by atoms with E-state index in [0.29, 0.717) is 24.6 Å². The van der Waals surface area contributed by atoms with Crippen molar-refractivity contribution >= 4 is 5.97 Å². The van der Waals surface area contributed by atoms with E-state index in [1.54, 1.807) is 6.20 Å². The smallest absolute Gasteiger partial charge is 0.317 e. The molecule has 2 fully saturated rings. The molecule has 0 amide bonds. The van der Waals surface area contributed by atoms with Gasteiger partial charge in [0.1, 0.15) is 11.2 Å². The third kappa shape index (κ3) is 1.88. The van der Waals surface area contributed by atoms with Crippen molar-refractivity contribution in [3.05, 3.63) is 23.8 Å². The van der Waals surface area contributed by atoms with Crippen molar-refractivity contribution < 1.29 is 14.6 Å². The average molecular weight is 248 g/mol. The van der Waals surface area contributed by atoms with Gasteiger partial charge in [-0.05, 0) is 31.7 Å². The van der Waals surface area contributed by atoms with E-state index < -0.39 is 11.4 Å². The van der Waals surface area contributed by atoms with Crippen LogP contribution < -0.4 is 0 Å². The molecule has 2 heterocycles. The molecule has 0 bridgehead atoms. The second-order valence-electron chi connectivity index (χ2n) is 5.08. The number of carbonyl (C=O) groups is 1. The number of hydrogen-bond donors (Lipinski definition) is 1. The molecule has 5 nitrogen and oxygen atoms in total. The summed E-state index contributed by atoms with van der Waals surface area (Å²) in [5.74, 6) is 0.0655. The molecule has 1 saturated carbocycles. The Bertz CT molecular complexity index is 465. The predicted molar refractivity (Wildman–Crippen MR) is 63.4 cm³/mol. The lowest BCUT2D eigenvalue weighted by molar-refractivity contribution is -0.140. The van der Waals surface area contributed by atoms with Crippen LogP contribution in [-0.4, -0.2) is 34.3 Å². The summed E-state index contributed by atoms with van der Waals surface area (Å²) in [7, 11) is 0. The van der Waals surface area contributed by atoms with Gasteiger partial charge in [0, 0.05) is 31.0 Å². The second kappa shape index (κ2) is 4.31. The molecule has 1 aromatic rings. The maximum atomic E-state index is 11.3. The Morgan fingerprint density at radius 1 is 1.39 bits per heavy atom. The molecule has 18 heavy (non-hydrogen) atoms. The van der Waals surface area contributed by atoms with Crippen molar-refractivity contribution in [3.8, 4) is 0 Å². The Labute approximate surface area is 105 Å². The lowest BCUT2D eigenvalue weighted by atomic mass is 9.96. The zero-order valence-corrected chi connectivity index (χ0v) is 10.1. The number of nitrogens with zero attached hydrogens (tertiary/aromatic N) is 2. The average Bonchev–Trinajstić information content (AvgIpc) is 3.21. The molecule has 0 aromatic carbocycles. The van der Waals surface area contributed by atoms with Gasteiger partial charge in [-0.25, -0.2) is 9.97 Å². The number of hydrogen-bond acceptors (Lipinski definition) is 4. The molecule has 1 aliphatic heterocycles. The van der Waals surface area contributed by atoms with Gasteiger partial charge in [-0.2, -0.15) is 0 Å². The first-order valence-corrected chi connectivity index (χ1v) is 6.37. The van der Waals surface area contributed by atoms with E-state index in [1.807, 2.05) is 6.07 Å². The fourth-order valence-electron chi connectivity index (χ4n) is 2.48. The molecule has 0 spiro atoms. The Morgan fingerprint density at radius 2 is 2.11 bits per heavy atom. The van der Waals surface area contributed by atoms with Crippen LogP contribution in [0.4, 0.5) is 0 Å². The highest BCUT2D eigenvalue weighted by Gasteiger charge is 2.54. The molecule has 2 aliphatic rings. The van der Waals surface area contributed by atoms with Gasteiger partial charge in [0.05, 0.1) is 0 Å². The number of ether oxygens (including phenoxy) is 1. The number of aliphatic carboxylic acids is 1. The minimum atomic E-state index is -0.804. The van der Waals surface area contributed by atoms with Crippen LogP contribution in [0.2, 0.25) is 0 Å². The molecule has 96 valence electrons. The summed E-state index contributed by atoms with van der Waals surface area (Å²) in [5.41, 5.74) is 0.164. The molecular formula is C13H16N2O3. The largest absolute Gasteiger partial charge is 0.480 e. The first-order chi connectivity index (χ1) is 8.72. The van der Waals surface area contributed by atoms with Gasteiger partial charge in [-0.1, -0.05) is 0 Å². The molecular weight excluding hydrogens is 232 g/mol. The van der Waals surface area contributed by atoms with Crippen LogP contribution in [0, 0.1) is 0 Å². The summed E-state index contributed by atoms with van der Waals surface area (Å²) in [5, 5.41) is 9.26. The van der Waals surface area contributed by atoms with E-state index in [2.05, 4.69) is 9.97 Å². The van der Waals surface area contributed by atoms with Gasteiger partial charge >= 0.3 is 5.97 Å². The predicted octanol–water partition coefficient (Wildman–Crippen LogP) is 1.49. The highest BCUT2D eigenvalue weighted by Crippen LogP contribution is 2.47. The van der Waals surface area contributed by atoms with Crippen molar-refractivity contribution in [2.75, 3.05) is 13.2 Å². The molecule has 1 aromatic heterocycles. The highest BCUT2D eigenvalue weighted by molar-refractivity contribution is 5.83. The summed E-state index contributed by atoms with van der Waals surface area (Å²) in [4.78, 5) is 19.9. The topological polar surface area (TPSA) is 72.3 Å². The highest BCUT2D eigenvalue weighted by atomic mass is 16.5. The Morgan fingerprint density at radius 3 is 2.72 bits per heavy atom. The van der Waals surface area contributed by atoms with E-state index in [4.69, 9.17) is 4.74 Å². The Hall–Kier alpha value is -1.49.